The van der Waals surface area contributed by atoms with Gasteiger partial charge in [-0.15, -0.1) is 0 Å². The fraction of sp³-hybridized carbons (Fsp3) is 0.462. The van der Waals surface area contributed by atoms with Crippen molar-refractivity contribution in [2.75, 3.05) is 11.9 Å². The Morgan fingerprint density at radius 1 is 1.40 bits per heavy atom. The number of nitrogens with zero attached hydrogens (tertiary/aromatic N) is 4. The summed E-state index contributed by atoms with van der Waals surface area (Å²) in [5.41, 5.74) is 1.52. The zero-order valence-electron chi connectivity index (χ0n) is 11.0. The Balaban J connectivity index is 1.80. The molecule has 3 N–H and O–H groups in total. The predicted molar refractivity (Wildman–Crippen MR) is 74.2 cm³/mol. The molecule has 1 aliphatic carbocycles. The van der Waals surface area contributed by atoms with Crippen molar-refractivity contribution in [1.29, 1.82) is 0 Å². The monoisotopic (exact) mass is 275 g/mol. The van der Waals surface area contributed by atoms with E-state index >= 15 is 0 Å². The lowest BCUT2D eigenvalue weighted by Gasteiger charge is -2.04. The zero-order chi connectivity index (χ0) is 13.9. The van der Waals surface area contributed by atoms with Gasteiger partial charge in [-0.1, -0.05) is 12.2 Å². The Kier molecular flexibility index (Phi) is 3.62. The van der Waals surface area contributed by atoms with Crippen LogP contribution in [0, 0.1) is 0 Å². The summed E-state index contributed by atoms with van der Waals surface area (Å²) in [6.07, 6.45) is 8.08. The van der Waals surface area contributed by atoms with Crippen LogP contribution in [0.15, 0.2) is 24.8 Å². The van der Waals surface area contributed by atoms with Crippen molar-refractivity contribution < 1.29 is 10.2 Å². The fourth-order valence-corrected chi connectivity index (χ4v) is 1.93. The van der Waals surface area contributed by atoms with Crippen molar-refractivity contribution in [1.82, 2.24) is 19.5 Å². The third-order valence-corrected chi connectivity index (χ3v) is 3.17. The number of nitrogens with one attached hydrogen (secondary N) is 1. The van der Waals surface area contributed by atoms with E-state index in [1.165, 1.54) is 19.2 Å². The summed E-state index contributed by atoms with van der Waals surface area (Å²) in [5.74, 6) is 0.774. The average molecular weight is 275 g/mol. The largest absolute Gasteiger partial charge is 0.393 e. The van der Waals surface area contributed by atoms with Crippen molar-refractivity contribution in [2.45, 2.75) is 31.5 Å². The van der Waals surface area contributed by atoms with Crippen LogP contribution in [0.5, 0.6) is 0 Å². The average Bonchev–Trinajstić information content (AvgIpc) is 3.18. The van der Waals surface area contributed by atoms with Crippen LogP contribution in [0.2, 0.25) is 0 Å². The zero-order valence-corrected chi connectivity index (χ0v) is 11.0. The molecule has 3 rings (SSSR count). The van der Waals surface area contributed by atoms with Gasteiger partial charge < -0.3 is 20.1 Å². The molecule has 7 nitrogen and oxygen atoms in total. The first-order valence-corrected chi connectivity index (χ1v) is 6.66. The van der Waals surface area contributed by atoms with Gasteiger partial charge in [-0.3, -0.25) is 0 Å². The molecule has 0 bridgehead atoms. The second-order valence-electron chi connectivity index (χ2n) is 4.89. The highest BCUT2D eigenvalue weighted by atomic mass is 16.3. The summed E-state index contributed by atoms with van der Waals surface area (Å²) in [6, 6.07) is 0.512. The van der Waals surface area contributed by atoms with E-state index < -0.39 is 6.10 Å². The highest BCUT2D eigenvalue weighted by molar-refractivity contribution is 5.82. The Hall–Kier alpha value is -1.99. The Morgan fingerprint density at radius 3 is 3.00 bits per heavy atom. The first kappa shape index (κ1) is 13.0. The smallest absolute Gasteiger partial charge is 0.165 e. The number of hydrogen-bond acceptors (Lipinski definition) is 6. The lowest BCUT2D eigenvalue weighted by Crippen LogP contribution is -2.08. The van der Waals surface area contributed by atoms with Gasteiger partial charge in [-0.25, -0.2) is 15.0 Å². The fourth-order valence-electron chi connectivity index (χ4n) is 1.93. The third-order valence-electron chi connectivity index (χ3n) is 3.17. The van der Waals surface area contributed by atoms with E-state index in [2.05, 4.69) is 20.3 Å². The van der Waals surface area contributed by atoms with Crippen molar-refractivity contribution in [3.63, 3.8) is 0 Å². The van der Waals surface area contributed by atoms with E-state index in [9.17, 15) is 5.11 Å². The van der Waals surface area contributed by atoms with E-state index in [0.29, 0.717) is 12.6 Å². The molecule has 1 saturated carbocycles. The lowest BCUT2D eigenvalue weighted by molar-refractivity contribution is 0.131. The van der Waals surface area contributed by atoms with Gasteiger partial charge in [0.1, 0.15) is 11.8 Å². The van der Waals surface area contributed by atoms with Gasteiger partial charge in [0, 0.05) is 12.6 Å². The molecule has 7 heteroatoms. The summed E-state index contributed by atoms with van der Waals surface area (Å²) in [6.45, 7) is 0.256. The van der Waals surface area contributed by atoms with Crippen molar-refractivity contribution in [3.8, 4) is 0 Å². The normalized spacial score (nSPS) is 16.9. The quantitative estimate of drug-likeness (QED) is 0.657. The number of allylic oxidation sites excluding steroid dienone is 1. The Morgan fingerprint density at radius 2 is 2.25 bits per heavy atom. The SMILES string of the molecule is OCC(O)/C=C/Cn1cnc2c(NC3CC3)ncnc21. The molecular weight excluding hydrogens is 258 g/mol. The van der Waals surface area contributed by atoms with Gasteiger partial charge in [-0.2, -0.15) is 0 Å². The van der Waals surface area contributed by atoms with Crippen molar-refractivity contribution in [2.24, 2.45) is 0 Å². The molecule has 20 heavy (non-hydrogen) atoms. The number of hydrogen-bond donors (Lipinski definition) is 3. The molecule has 2 aromatic heterocycles. The van der Waals surface area contributed by atoms with Gasteiger partial charge in [0.05, 0.1) is 19.0 Å². The maximum absolute atomic E-state index is 9.25. The molecule has 1 fully saturated rings. The molecule has 1 unspecified atom stereocenters. The molecule has 106 valence electrons. The minimum Gasteiger partial charge on any atom is -0.393 e. The number of rotatable bonds is 6. The standard InChI is InChI=1S/C13H17N5O2/c19-6-10(20)2-1-5-18-8-16-11-12(17-9-3-4-9)14-7-15-13(11)18/h1-2,7-10,19-20H,3-6H2,(H,14,15,17)/b2-1+. The van der Waals surface area contributed by atoms with E-state index in [1.807, 2.05) is 4.57 Å². The molecule has 2 heterocycles. The maximum atomic E-state index is 9.25. The molecule has 0 amide bonds. The maximum Gasteiger partial charge on any atom is 0.165 e. The van der Waals surface area contributed by atoms with Gasteiger partial charge in [0.15, 0.2) is 11.5 Å². The molecule has 0 spiro atoms. The number of fused-ring (bicyclic) bond motifs is 1. The number of imidazole rings is 1. The molecule has 0 radical (unpaired) electrons. The van der Waals surface area contributed by atoms with E-state index in [0.717, 1.165) is 17.0 Å². The minimum absolute atomic E-state index is 0.279. The first-order valence-electron chi connectivity index (χ1n) is 6.66. The van der Waals surface area contributed by atoms with Crippen LogP contribution < -0.4 is 5.32 Å². The van der Waals surface area contributed by atoms with Crippen molar-refractivity contribution >= 4 is 17.0 Å². The minimum atomic E-state index is -0.827. The molecule has 0 aromatic carbocycles. The number of aromatic nitrogens is 4. The van der Waals surface area contributed by atoms with E-state index in [4.69, 9.17) is 5.11 Å². The van der Waals surface area contributed by atoms with Gasteiger partial charge in [-0.05, 0) is 12.8 Å². The summed E-state index contributed by atoms with van der Waals surface area (Å²) < 4.78 is 1.87. The molecule has 1 aliphatic rings. The molecule has 1 atom stereocenters. The van der Waals surface area contributed by atoms with Crippen LogP contribution in [-0.2, 0) is 6.54 Å². The van der Waals surface area contributed by atoms with E-state index in [1.54, 1.807) is 18.5 Å². The summed E-state index contributed by atoms with van der Waals surface area (Å²) >= 11 is 0. The number of anilines is 1. The van der Waals surface area contributed by atoms with Gasteiger partial charge in [0.25, 0.3) is 0 Å². The topological polar surface area (TPSA) is 96.1 Å². The Bertz CT molecular complexity index is 620. The molecule has 0 saturated heterocycles. The predicted octanol–water partition coefficient (Wildman–Crippen LogP) is 0.310. The molecule has 0 aliphatic heterocycles. The third kappa shape index (κ3) is 2.78. The number of aliphatic hydroxyl groups excluding tert-OH is 2. The summed E-state index contributed by atoms with van der Waals surface area (Å²) in [5, 5.41) is 21.3. The van der Waals surface area contributed by atoms with Gasteiger partial charge >= 0.3 is 0 Å². The second kappa shape index (κ2) is 5.56. The number of aliphatic hydroxyl groups is 2. The molecule has 2 aromatic rings. The van der Waals surface area contributed by atoms with Crippen LogP contribution in [0.1, 0.15) is 12.8 Å². The molecular formula is C13H17N5O2. The van der Waals surface area contributed by atoms with Crippen LogP contribution in [0.25, 0.3) is 11.2 Å². The Labute approximate surface area is 116 Å². The second-order valence-corrected chi connectivity index (χ2v) is 4.89. The highest BCUT2D eigenvalue weighted by Gasteiger charge is 2.23. The van der Waals surface area contributed by atoms with E-state index in [-0.39, 0.29) is 6.61 Å². The van der Waals surface area contributed by atoms with Crippen molar-refractivity contribution in [3.05, 3.63) is 24.8 Å². The summed E-state index contributed by atoms with van der Waals surface area (Å²) in [7, 11) is 0. The summed E-state index contributed by atoms with van der Waals surface area (Å²) in [4.78, 5) is 12.8. The lowest BCUT2D eigenvalue weighted by atomic mass is 10.3. The van der Waals surface area contributed by atoms with Gasteiger partial charge in [0.2, 0.25) is 0 Å². The first-order chi connectivity index (χ1) is 9.78. The van der Waals surface area contributed by atoms with Crippen LogP contribution >= 0.6 is 0 Å². The van der Waals surface area contributed by atoms with Crippen LogP contribution in [0.4, 0.5) is 5.82 Å². The highest BCUT2D eigenvalue weighted by Crippen LogP contribution is 2.26. The van der Waals surface area contributed by atoms with Crippen LogP contribution in [-0.4, -0.2) is 48.5 Å². The van der Waals surface area contributed by atoms with Crippen LogP contribution in [0.3, 0.4) is 0 Å².